The molecule has 0 fully saturated rings. The van der Waals surface area contributed by atoms with Crippen molar-refractivity contribution >= 4 is 33.5 Å². The van der Waals surface area contributed by atoms with Gasteiger partial charge in [0.25, 0.3) is 5.69 Å². The molecule has 1 aromatic heterocycles. The fourth-order valence-corrected chi connectivity index (χ4v) is 2.73. The number of carboxylic acids is 1. The molecule has 0 aliphatic heterocycles. The van der Waals surface area contributed by atoms with Gasteiger partial charge in [-0.1, -0.05) is 0 Å². The van der Waals surface area contributed by atoms with Crippen LogP contribution in [0.2, 0.25) is 0 Å². The Morgan fingerprint density at radius 1 is 1.36 bits per heavy atom. The fraction of sp³-hybridized carbons (Fsp3) is 0.133. The van der Waals surface area contributed by atoms with Gasteiger partial charge in [-0.2, -0.15) is 0 Å². The van der Waals surface area contributed by atoms with Crippen molar-refractivity contribution < 1.29 is 19.6 Å². The Labute approximate surface area is 124 Å². The van der Waals surface area contributed by atoms with Gasteiger partial charge in [-0.05, 0) is 24.6 Å². The molecule has 2 aromatic carbocycles. The van der Waals surface area contributed by atoms with Crippen LogP contribution in [0.1, 0.15) is 15.9 Å². The number of aromatic carboxylic acids is 1. The van der Waals surface area contributed by atoms with Gasteiger partial charge in [0.05, 0.1) is 23.1 Å². The number of rotatable bonds is 3. The number of nitrogens with one attached hydrogen (secondary N) is 1. The van der Waals surface area contributed by atoms with E-state index >= 15 is 0 Å². The summed E-state index contributed by atoms with van der Waals surface area (Å²) in [5.74, 6) is -0.568. The lowest BCUT2D eigenvalue weighted by molar-refractivity contribution is -0.384. The summed E-state index contributed by atoms with van der Waals surface area (Å²) in [6.07, 6.45) is 0. The Bertz CT molecular complexity index is 942. The smallest absolute Gasteiger partial charge is 0.336 e. The molecule has 22 heavy (non-hydrogen) atoms. The minimum atomic E-state index is -1.09. The number of nitro benzene ring substituents is 1. The highest BCUT2D eigenvalue weighted by molar-refractivity contribution is 6.18. The van der Waals surface area contributed by atoms with Crippen molar-refractivity contribution in [1.82, 2.24) is 4.98 Å². The SMILES string of the molecule is COc1c(C)cc(C(=O)O)c2c1[nH]c1ccc([N+](=O)[O-])cc12. The number of hydrogen-bond acceptors (Lipinski definition) is 4. The number of benzene rings is 2. The first-order chi connectivity index (χ1) is 10.4. The van der Waals surface area contributed by atoms with Crippen LogP contribution in [0.5, 0.6) is 5.75 Å². The standard InChI is InChI=1S/C15H12N2O5/c1-7-5-10(15(18)19)12-9-6-8(17(20)21)3-4-11(9)16-13(12)14(7)22-2/h3-6,16H,1-2H3,(H,18,19). The summed E-state index contributed by atoms with van der Waals surface area (Å²) >= 11 is 0. The third-order valence-corrected chi connectivity index (χ3v) is 3.64. The van der Waals surface area contributed by atoms with Gasteiger partial charge in [-0.3, -0.25) is 10.1 Å². The monoisotopic (exact) mass is 300 g/mol. The van der Waals surface area contributed by atoms with Gasteiger partial charge in [0.2, 0.25) is 0 Å². The van der Waals surface area contributed by atoms with Gasteiger partial charge >= 0.3 is 5.97 Å². The first-order valence-corrected chi connectivity index (χ1v) is 6.44. The molecule has 0 atom stereocenters. The summed E-state index contributed by atoms with van der Waals surface area (Å²) < 4.78 is 5.34. The number of carbonyl (C=O) groups is 1. The van der Waals surface area contributed by atoms with Crippen molar-refractivity contribution in [2.75, 3.05) is 7.11 Å². The largest absolute Gasteiger partial charge is 0.494 e. The first-order valence-electron chi connectivity index (χ1n) is 6.44. The van der Waals surface area contributed by atoms with Gasteiger partial charge in [-0.15, -0.1) is 0 Å². The molecule has 3 aromatic rings. The molecule has 7 nitrogen and oxygen atoms in total. The third-order valence-electron chi connectivity index (χ3n) is 3.64. The van der Waals surface area contributed by atoms with Crippen LogP contribution in [-0.2, 0) is 0 Å². The molecular weight excluding hydrogens is 288 g/mol. The Morgan fingerprint density at radius 2 is 2.09 bits per heavy atom. The molecule has 0 radical (unpaired) electrons. The van der Waals surface area contributed by atoms with Gasteiger partial charge in [0, 0.05) is 28.4 Å². The van der Waals surface area contributed by atoms with E-state index in [-0.39, 0.29) is 11.3 Å². The van der Waals surface area contributed by atoms with Crippen LogP contribution in [0, 0.1) is 17.0 Å². The minimum Gasteiger partial charge on any atom is -0.494 e. The zero-order valence-electron chi connectivity index (χ0n) is 11.8. The summed E-state index contributed by atoms with van der Waals surface area (Å²) in [6, 6.07) is 5.82. The number of aryl methyl sites for hydroxylation is 1. The second-order valence-corrected chi connectivity index (χ2v) is 4.94. The summed E-state index contributed by atoms with van der Waals surface area (Å²) in [5.41, 5.74) is 1.81. The summed E-state index contributed by atoms with van der Waals surface area (Å²) in [6.45, 7) is 1.75. The molecule has 0 saturated carbocycles. The molecule has 1 heterocycles. The minimum absolute atomic E-state index is 0.0834. The zero-order valence-corrected chi connectivity index (χ0v) is 11.8. The Kier molecular flexibility index (Phi) is 2.98. The molecule has 3 rings (SSSR count). The van der Waals surface area contributed by atoms with Gasteiger partial charge in [0.15, 0.2) is 0 Å². The van der Waals surface area contributed by atoms with Crippen molar-refractivity contribution in [2.24, 2.45) is 0 Å². The molecule has 0 aliphatic rings. The van der Waals surface area contributed by atoms with Crippen LogP contribution in [0.25, 0.3) is 21.8 Å². The quantitative estimate of drug-likeness (QED) is 0.570. The van der Waals surface area contributed by atoms with E-state index in [4.69, 9.17) is 4.74 Å². The van der Waals surface area contributed by atoms with Crippen LogP contribution < -0.4 is 4.74 Å². The zero-order chi connectivity index (χ0) is 16.0. The molecule has 0 amide bonds. The van der Waals surface area contributed by atoms with E-state index in [1.54, 1.807) is 13.0 Å². The Hall–Kier alpha value is -3.09. The van der Waals surface area contributed by atoms with E-state index in [2.05, 4.69) is 4.98 Å². The normalized spacial score (nSPS) is 11.0. The molecule has 2 N–H and O–H groups in total. The fourth-order valence-electron chi connectivity index (χ4n) is 2.73. The topological polar surface area (TPSA) is 105 Å². The van der Waals surface area contributed by atoms with Crippen molar-refractivity contribution in [1.29, 1.82) is 0 Å². The highest BCUT2D eigenvalue weighted by Crippen LogP contribution is 2.38. The number of aromatic nitrogens is 1. The number of ether oxygens (including phenoxy) is 1. The molecule has 7 heteroatoms. The van der Waals surface area contributed by atoms with E-state index in [9.17, 15) is 20.0 Å². The van der Waals surface area contributed by atoms with Crippen molar-refractivity contribution in [3.63, 3.8) is 0 Å². The Balaban J connectivity index is 2.54. The molecule has 0 aliphatic carbocycles. The van der Waals surface area contributed by atoms with Crippen LogP contribution in [0.4, 0.5) is 5.69 Å². The number of carboxylic acid groups (broad SMARTS) is 1. The number of hydrogen-bond donors (Lipinski definition) is 2. The van der Waals surface area contributed by atoms with E-state index in [0.29, 0.717) is 33.1 Å². The van der Waals surface area contributed by atoms with E-state index in [1.165, 1.54) is 25.3 Å². The number of H-pyrrole nitrogens is 1. The van der Waals surface area contributed by atoms with Crippen LogP contribution in [-0.4, -0.2) is 28.1 Å². The Morgan fingerprint density at radius 3 is 2.68 bits per heavy atom. The summed E-state index contributed by atoms with van der Waals surface area (Å²) in [7, 11) is 1.50. The number of nitro groups is 1. The number of aromatic amines is 1. The highest BCUT2D eigenvalue weighted by Gasteiger charge is 2.20. The average molecular weight is 300 g/mol. The number of fused-ring (bicyclic) bond motifs is 3. The van der Waals surface area contributed by atoms with Crippen LogP contribution >= 0.6 is 0 Å². The maximum absolute atomic E-state index is 11.5. The van der Waals surface area contributed by atoms with Crippen LogP contribution in [0.15, 0.2) is 24.3 Å². The number of methoxy groups -OCH3 is 1. The maximum Gasteiger partial charge on any atom is 0.336 e. The molecule has 0 bridgehead atoms. The molecular formula is C15H12N2O5. The summed E-state index contributed by atoms with van der Waals surface area (Å²) in [4.78, 5) is 25.1. The van der Waals surface area contributed by atoms with E-state index in [0.717, 1.165) is 0 Å². The predicted octanol–water partition coefficient (Wildman–Crippen LogP) is 3.24. The van der Waals surface area contributed by atoms with Crippen molar-refractivity contribution in [2.45, 2.75) is 6.92 Å². The van der Waals surface area contributed by atoms with Gasteiger partial charge in [0.1, 0.15) is 5.75 Å². The lowest BCUT2D eigenvalue weighted by Gasteiger charge is -2.08. The molecule has 0 saturated heterocycles. The second-order valence-electron chi connectivity index (χ2n) is 4.94. The summed E-state index contributed by atoms with van der Waals surface area (Å²) in [5, 5.41) is 21.3. The lowest BCUT2D eigenvalue weighted by atomic mass is 10.0. The number of nitrogens with zero attached hydrogens (tertiary/aromatic N) is 1. The molecule has 112 valence electrons. The molecule has 0 unspecified atom stereocenters. The first kappa shape index (κ1) is 13.9. The second kappa shape index (κ2) is 4.73. The number of non-ortho nitro benzene ring substituents is 1. The van der Waals surface area contributed by atoms with Gasteiger partial charge in [-0.25, -0.2) is 4.79 Å². The molecule has 0 spiro atoms. The predicted molar refractivity (Wildman–Crippen MR) is 80.7 cm³/mol. The average Bonchev–Trinajstić information content (AvgIpc) is 2.84. The lowest BCUT2D eigenvalue weighted by Crippen LogP contribution is -2.00. The maximum atomic E-state index is 11.5. The third kappa shape index (κ3) is 1.86. The van der Waals surface area contributed by atoms with Crippen LogP contribution in [0.3, 0.4) is 0 Å². The van der Waals surface area contributed by atoms with Crippen molar-refractivity contribution in [3.05, 3.63) is 45.5 Å². The van der Waals surface area contributed by atoms with Gasteiger partial charge < -0.3 is 14.8 Å². The highest BCUT2D eigenvalue weighted by atomic mass is 16.6. The van der Waals surface area contributed by atoms with Crippen molar-refractivity contribution in [3.8, 4) is 5.75 Å². The van der Waals surface area contributed by atoms with E-state index < -0.39 is 10.9 Å². The van der Waals surface area contributed by atoms with E-state index in [1.807, 2.05) is 0 Å².